The Hall–Kier alpha value is -4.04. The number of aryl methyl sites for hydroxylation is 1. The van der Waals surface area contributed by atoms with Crippen molar-refractivity contribution in [2.24, 2.45) is 12.8 Å². The Balaban J connectivity index is 1.40. The molecule has 0 bridgehead atoms. The van der Waals surface area contributed by atoms with Crippen molar-refractivity contribution in [1.82, 2.24) is 14.5 Å². The highest BCUT2D eigenvalue weighted by atomic mass is 19.1. The summed E-state index contributed by atoms with van der Waals surface area (Å²) in [6.07, 6.45) is 5.45. The minimum absolute atomic E-state index is 0.314. The molecule has 162 valence electrons. The fourth-order valence-electron chi connectivity index (χ4n) is 3.14. The minimum atomic E-state index is -0.738. The maximum absolute atomic E-state index is 13.0. The molecule has 0 spiro atoms. The van der Waals surface area contributed by atoms with Crippen molar-refractivity contribution < 1.29 is 13.9 Å². The van der Waals surface area contributed by atoms with E-state index in [0.717, 1.165) is 16.8 Å². The predicted molar refractivity (Wildman–Crippen MR) is 120 cm³/mol. The van der Waals surface area contributed by atoms with Crippen LogP contribution in [-0.4, -0.2) is 26.5 Å². The normalized spacial score (nSPS) is 11.7. The molecule has 8 heteroatoms. The van der Waals surface area contributed by atoms with E-state index in [9.17, 15) is 9.18 Å². The summed E-state index contributed by atoms with van der Waals surface area (Å²) >= 11 is 0. The first-order valence-corrected chi connectivity index (χ1v) is 9.99. The number of nitrogens with two attached hydrogens (primary N) is 1. The SMILES string of the molecule is Cn1cnc(C[C@H](N)C(=O)Nc2cc(-c3ccc(Oc4ccc(F)cc4)cc3)ccn2)c1. The molecule has 1 atom stereocenters. The van der Waals surface area contributed by atoms with Gasteiger partial charge in [0.05, 0.1) is 18.1 Å². The van der Waals surface area contributed by atoms with Gasteiger partial charge in [-0.15, -0.1) is 0 Å². The van der Waals surface area contributed by atoms with Gasteiger partial charge in [-0.3, -0.25) is 4.79 Å². The Morgan fingerprint density at radius 1 is 1.06 bits per heavy atom. The van der Waals surface area contributed by atoms with Gasteiger partial charge >= 0.3 is 0 Å². The van der Waals surface area contributed by atoms with Crippen LogP contribution in [0.1, 0.15) is 5.69 Å². The maximum Gasteiger partial charge on any atom is 0.242 e. The number of pyridine rings is 1. The number of ether oxygens (including phenoxy) is 1. The van der Waals surface area contributed by atoms with Crippen LogP contribution in [0.3, 0.4) is 0 Å². The number of carbonyl (C=O) groups excluding carboxylic acids is 1. The average molecular weight is 431 g/mol. The molecule has 0 saturated carbocycles. The van der Waals surface area contributed by atoms with Gasteiger partial charge in [0, 0.05) is 25.9 Å². The van der Waals surface area contributed by atoms with Crippen LogP contribution in [0, 0.1) is 5.82 Å². The van der Waals surface area contributed by atoms with Crippen molar-refractivity contribution in [2.45, 2.75) is 12.5 Å². The number of rotatable bonds is 7. The molecule has 3 N–H and O–H groups in total. The molecule has 0 saturated heterocycles. The number of carbonyl (C=O) groups is 1. The fraction of sp³-hybridized carbons (Fsp3) is 0.125. The molecule has 1 amide bonds. The smallest absolute Gasteiger partial charge is 0.242 e. The zero-order valence-corrected chi connectivity index (χ0v) is 17.4. The number of halogens is 1. The number of amides is 1. The Kier molecular flexibility index (Phi) is 6.23. The Bertz CT molecular complexity index is 1210. The molecule has 2 heterocycles. The van der Waals surface area contributed by atoms with Crippen LogP contribution in [0.2, 0.25) is 0 Å². The van der Waals surface area contributed by atoms with Crippen molar-refractivity contribution in [3.8, 4) is 22.6 Å². The van der Waals surface area contributed by atoms with Crippen LogP contribution in [0.5, 0.6) is 11.5 Å². The van der Waals surface area contributed by atoms with E-state index in [4.69, 9.17) is 10.5 Å². The number of aromatic nitrogens is 3. The van der Waals surface area contributed by atoms with Gasteiger partial charge in [0.25, 0.3) is 0 Å². The third-order valence-corrected chi connectivity index (χ3v) is 4.77. The summed E-state index contributed by atoms with van der Waals surface area (Å²) in [5.41, 5.74) is 8.57. The number of benzene rings is 2. The fourth-order valence-corrected chi connectivity index (χ4v) is 3.14. The summed E-state index contributed by atoms with van der Waals surface area (Å²) in [6.45, 7) is 0. The average Bonchev–Trinajstić information content (AvgIpc) is 3.20. The van der Waals surface area contributed by atoms with Gasteiger partial charge in [0.15, 0.2) is 0 Å². The van der Waals surface area contributed by atoms with Crippen molar-refractivity contribution >= 4 is 11.7 Å². The van der Waals surface area contributed by atoms with Crippen molar-refractivity contribution in [3.05, 3.63) is 90.9 Å². The number of imidazole rings is 1. The van der Waals surface area contributed by atoms with Crippen LogP contribution in [0.25, 0.3) is 11.1 Å². The first kappa shape index (κ1) is 21.2. The van der Waals surface area contributed by atoms with E-state index in [0.29, 0.717) is 23.7 Å². The molecular formula is C24H22FN5O2. The summed E-state index contributed by atoms with van der Waals surface area (Å²) in [5, 5.41) is 2.76. The van der Waals surface area contributed by atoms with Crippen LogP contribution >= 0.6 is 0 Å². The van der Waals surface area contributed by atoms with Gasteiger partial charge in [-0.1, -0.05) is 12.1 Å². The van der Waals surface area contributed by atoms with Gasteiger partial charge in [0.1, 0.15) is 23.1 Å². The number of hydrogen-bond donors (Lipinski definition) is 2. The molecule has 0 aliphatic heterocycles. The Labute approximate surface area is 184 Å². The van der Waals surface area contributed by atoms with Gasteiger partial charge in [0.2, 0.25) is 5.91 Å². The highest BCUT2D eigenvalue weighted by Crippen LogP contribution is 2.27. The summed E-state index contributed by atoms with van der Waals surface area (Å²) in [7, 11) is 1.86. The molecular weight excluding hydrogens is 409 g/mol. The molecule has 4 rings (SSSR count). The van der Waals surface area contributed by atoms with Crippen LogP contribution in [0.4, 0.5) is 10.2 Å². The zero-order chi connectivity index (χ0) is 22.5. The van der Waals surface area contributed by atoms with Crippen molar-refractivity contribution in [1.29, 1.82) is 0 Å². The molecule has 0 fully saturated rings. The standard InChI is InChI=1S/C24H22FN5O2/c1-30-14-19(28-15-30)13-22(26)24(31)29-23-12-17(10-11-27-23)16-2-6-20(7-3-16)32-21-8-4-18(25)5-9-21/h2-12,14-15,22H,13,26H2,1H3,(H,27,29,31)/t22-/m0/s1. The first-order valence-electron chi connectivity index (χ1n) is 9.99. The number of nitrogens with one attached hydrogen (secondary N) is 1. The molecule has 2 aromatic carbocycles. The lowest BCUT2D eigenvalue weighted by Gasteiger charge is -2.12. The molecule has 0 radical (unpaired) electrons. The zero-order valence-electron chi connectivity index (χ0n) is 17.4. The quantitative estimate of drug-likeness (QED) is 0.462. The van der Waals surface area contributed by atoms with Crippen molar-refractivity contribution in [2.75, 3.05) is 5.32 Å². The maximum atomic E-state index is 13.0. The van der Waals surface area contributed by atoms with Gasteiger partial charge < -0.3 is 20.4 Å². The molecule has 4 aromatic rings. The number of anilines is 1. The topological polar surface area (TPSA) is 95.1 Å². The summed E-state index contributed by atoms with van der Waals surface area (Å²) in [6, 6.07) is 16.1. The largest absolute Gasteiger partial charge is 0.457 e. The van der Waals surface area contributed by atoms with Crippen LogP contribution in [0.15, 0.2) is 79.4 Å². The van der Waals surface area contributed by atoms with Crippen LogP contribution in [-0.2, 0) is 18.3 Å². The number of nitrogens with zero attached hydrogens (tertiary/aromatic N) is 3. The van der Waals surface area contributed by atoms with E-state index in [1.54, 1.807) is 35.3 Å². The molecule has 0 unspecified atom stereocenters. The molecule has 7 nitrogen and oxygen atoms in total. The van der Waals surface area contributed by atoms with E-state index in [2.05, 4.69) is 15.3 Å². The molecule has 0 aliphatic carbocycles. The lowest BCUT2D eigenvalue weighted by molar-refractivity contribution is -0.117. The highest BCUT2D eigenvalue weighted by molar-refractivity contribution is 5.94. The monoisotopic (exact) mass is 431 g/mol. The first-order chi connectivity index (χ1) is 15.5. The summed E-state index contributed by atoms with van der Waals surface area (Å²) in [5.74, 6) is 0.948. The molecule has 2 aromatic heterocycles. The lowest BCUT2D eigenvalue weighted by atomic mass is 10.1. The van der Waals surface area contributed by atoms with E-state index in [1.807, 2.05) is 43.6 Å². The predicted octanol–water partition coefficient (Wildman–Crippen LogP) is 3.92. The molecule has 0 aliphatic rings. The third kappa shape index (κ3) is 5.35. The van der Waals surface area contributed by atoms with E-state index in [-0.39, 0.29) is 11.7 Å². The van der Waals surface area contributed by atoms with Gasteiger partial charge in [-0.2, -0.15) is 0 Å². The second-order valence-corrected chi connectivity index (χ2v) is 7.34. The number of hydrogen-bond acceptors (Lipinski definition) is 5. The Morgan fingerprint density at radius 3 is 2.41 bits per heavy atom. The highest BCUT2D eigenvalue weighted by Gasteiger charge is 2.16. The summed E-state index contributed by atoms with van der Waals surface area (Å²) < 4.78 is 20.6. The van der Waals surface area contributed by atoms with Crippen molar-refractivity contribution in [3.63, 3.8) is 0 Å². The van der Waals surface area contributed by atoms with E-state index in [1.165, 1.54) is 12.1 Å². The van der Waals surface area contributed by atoms with Crippen LogP contribution < -0.4 is 15.8 Å². The minimum Gasteiger partial charge on any atom is -0.457 e. The third-order valence-electron chi connectivity index (χ3n) is 4.77. The molecule has 32 heavy (non-hydrogen) atoms. The lowest BCUT2D eigenvalue weighted by Crippen LogP contribution is -2.37. The summed E-state index contributed by atoms with van der Waals surface area (Å²) in [4.78, 5) is 20.9. The second-order valence-electron chi connectivity index (χ2n) is 7.34. The van der Waals surface area contributed by atoms with E-state index >= 15 is 0 Å². The van der Waals surface area contributed by atoms with Gasteiger partial charge in [-0.25, -0.2) is 14.4 Å². The van der Waals surface area contributed by atoms with E-state index < -0.39 is 6.04 Å². The Morgan fingerprint density at radius 2 is 1.75 bits per heavy atom. The second kappa shape index (κ2) is 9.40. The van der Waals surface area contributed by atoms with Gasteiger partial charge in [-0.05, 0) is 59.7 Å².